The third-order valence-electron chi connectivity index (χ3n) is 5.70. The Morgan fingerprint density at radius 3 is 2.34 bits per heavy atom. The van der Waals surface area contributed by atoms with E-state index in [4.69, 9.17) is 4.98 Å². The molecule has 0 N–H and O–H groups in total. The molecule has 0 unspecified atom stereocenters. The van der Waals surface area contributed by atoms with Gasteiger partial charge in [-0.25, -0.2) is 19.9 Å². The molecule has 2 aliphatic rings. The molecule has 2 saturated heterocycles. The van der Waals surface area contributed by atoms with E-state index in [0.29, 0.717) is 5.91 Å². The maximum Gasteiger partial charge on any atom is 0.225 e. The van der Waals surface area contributed by atoms with E-state index in [2.05, 4.69) is 24.8 Å². The van der Waals surface area contributed by atoms with Gasteiger partial charge >= 0.3 is 0 Å². The van der Waals surface area contributed by atoms with E-state index in [1.165, 1.54) is 0 Å². The van der Waals surface area contributed by atoms with Gasteiger partial charge in [0.1, 0.15) is 10.3 Å². The van der Waals surface area contributed by atoms with Crippen molar-refractivity contribution in [2.45, 2.75) is 12.8 Å². The van der Waals surface area contributed by atoms with E-state index in [-0.39, 0.29) is 5.92 Å². The number of thiazole rings is 1. The van der Waals surface area contributed by atoms with Gasteiger partial charge < -0.3 is 14.7 Å². The van der Waals surface area contributed by atoms with E-state index < -0.39 is 0 Å². The second kappa shape index (κ2) is 7.90. The molecular weight excluding hydrogens is 386 g/mol. The van der Waals surface area contributed by atoms with Crippen molar-refractivity contribution in [1.29, 1.82) is 0 Å². The molecule has 5 rings (SSSR count). The van der Waals surface area contributed by atoms with E-state index in [9.17, 15) is 4.79 Å². The Morgan fingerprint density at radius 2 is 1.62 bits per heavy atom. The molecule has 0 radical (unpaired) electrons. The first-order valence-electron chi connectivity index (χ1n) is 10.1. The van der Waals surface area contributed by atoms with Crippen LogP contribution in [0, 0.1) is 5.92 Å². The molecule has 29 heavy (non-hydrogen) atoms. The summed E-state index contributed by atoms with van der Waals surface area (Å²) in [7, 11) is 0. The fraction of sp³-hybridized carbons (Fsp3) is 0.450. The zero-order valence-electron chi connectivity index (χ0n) is 16.1. The minimum atomic E-state index is 0.105. The zero-order valence-corrected chi connectivity index (χ0v) is 17.0. The number of piperidine rings is 1. The van der Waals surface area contributed by atoms with Crippen LogP contribution in [0.15, 0.2) is 36.8 Å². The van der Waals surface area contributed by atoms with Crippen LogP contribution in [0.3, 0.4) is 0 Å². The molecule has 2 fully saturated rings. The largest absolute Gasteiger partial charge is 0.344 e. The number of anilines is 2. The lowest BCUT2D eigenvalue weighted by Crippen LogP contribution is -2.51. The first-order valence-corrected chi connectivity index (χ1v) is 10.9. The van der Waals surface area contributed by atoms with Crippen LogP contribution in [-0.2, 0) is 4.79 Å². The number of carbonyl (C=O) groups excluding carboxylic acids is 1. The molecular formula is C20H23N7OS. The van der Waals surface area contributed by atoms with Gasteiger partial charge in [0.15, 0.2) is 5.13 Å². The maximum absolute atomic E-state index is 13.0. The molecule has 9 heteroatoms. The molecule has 0 aliphatic carbocycles. The smallest absolute Gasteiger partial charge is 0.225 e. The highest BCUT2D eigenvalue weighted by Crippen LogP contribution is 2.28. The summed E-state index contributed by atoms with van der Waals surface area (Å²) in [5, 5.41) is 1.00. The third-order valence-corrected chi connectivity index (χ3v) is 6.74. The van der Waals surface area contributed by atoms with Gasteiger partial charge in [-0.15, -0.1) is 0 Å². The number of hydrogen-bond donors (Lipinski definition) is 0. The van der Waals surface area contributed by atoms with Gasteiger partial charge in [0, 0.05) is 63.8 Å². The molecule has 0 aromatic carbocycles. The minimum absolute atomic E-state index is 0.105. The summed E-state index contributed by atoms with van der Waals surface area (Å²) >= 11 is 1.62. The topological polar surface area (TPSA) is 78.4 Å². The second-order valence-corrected chi connectivity index (χ2v) is 8.40. The lowest BCUT2D eigenvalue weighted by molar-refractivity contribution is -0.136. The van der Waals surface area contributed by atoms with Crippen molar-refractivity contribution in [3.8, 4) is 0 Å². The Hall–Kier alpha value is -2.81. The first-order chi connectivity index (χ1) is 14.3. The van der Waals surface area contributed by atoms with Gasteiger partial charge in [-0.3, -0.25) is 4.79 Å². The average Bonchev–Trinajstić information content (AvgIpc) is 3.24. The van der Waals surface area contributed by atoms with Crippen molar-refractivity contribution in [3.63, 3.8) is 0 Å². The summed E-state index contributed by atoms with van der Waals surface area (Å²) in [5.74, 6) is 1.16. The molecule has 0 atom stereocenters. The standard InChI is InChI=1S/C20H23N7OS/c28-18(15-4-9-26(10-5-15)19-22-7-2-8-23-19)25-11-13-27(14-12-25)20-24-16-3-1-6-21-17(16)29-20/h1-3,6-8,15H,4-5,9-14H2. The summed E-state index contributed by atoms with van der Waals surface area (Å²) in [5.41, 5.74) is 0.945. The molecule has 3 aromatic heterocycles. The van der Waals surface area contributed by atoms with Crippen molar-refractivity contribution < 1.29 is 4.79 Å². The molecule has 3 aromatic rings. The van der Waals surface area contributed by atoms with Crippen molar-refractivity contribution in [2.24, 2.45) is 5.92 Å². The van der Waals surface area contributed by atoms with Gasteiger partial charge in [-0.05, 0) is 31.0 Å². The fourth-order valence-electron chi connectivity index (χ4n) is 4.05. The first kappa shape index (κ1) is 18.2. The number of rotatable bonds is 3. The highest BCUT2D eigenvalue weighted by molar-refractivity contribution is 7.21. The van der Waals surface area contributed by atoms with E-state index in [1.54, 1.807) is 29.9 Å². The van der Waals surface area contributed by atoms with Gasteiger partial charge in [-0.1, -0.05) is 11.3 Å². The summed E-state index contributed by atoms with van der Waals surface area (Å²) in [6.45, 7) is 4.82. The van der Waals surface area contributed by atoms with Crippen molar-refractivity contribution in [2.75, 3.05) is 49.1 Å². The molecule has 2 aliphatic heterocycles. The van der Waals surface area contributed by atoms with Crippen LogP contribution in [0.2, 0.25) is 0 Å². The zero-order chi connectivity index (χ0) is 19.6. The average molecular weight is 410 g/mol. The Morgan fingerprint density at radius 1 is 0.897 bits per heavy atom. The number of carbonyl (C=O) groups is 1. The summed E-state index contributed by atoms with van der Waals surface area (Å²) in [4.78, 5) is 38.2. The van der Waals surface area contributed by atoms with Gasteiger partial charge in [0.05, 0.1) is 0 Å². The molecule has 150 valence electrons. The van der Waals surface area contributed by atoms with E-state index in [0.717, 1.165) is 73.5 Å². The number of nitrogens with zero attached hydrogens (tertiary/aromatic N) is 7. The third kappa shape index (κ3) is 3.74. The molecule has 8 nitrogen and oxygen atoms in total. The molecule has 0 bridgehead atoms. The summed E-state index contributed by atoms with van der Waals surface area (Å²) < 4.78 is 0. The Kier molecular flexibility index (Phi) is 4.97. The van der Waals surface area contributed by atoms with Gasteiger partial charge in [0.2, 0.25) is 11.9 Å². The van der Waals surface area contributed by atoms with Gasteiger partial charge in [0.25, 0.3) is 0 Å². The molecule has 0 saturated carbocycles. The predicted molar refractivity (Wildman–Crippen MR) is 113 cm³/mol. The Labute approximate surface area is 173 Å². The Bertz CT molecular complexity index is 946. The number of aromatic nitrogens is 4. The van der Waals surface area contributed by atoms with Crippen LogP contribution in [-0.4, -0.2) is 70.0 Å². The Balaban J connectivity index is 1.15. The lowest BCUT2D eigenvalue weighted by atomic mass is 9.95. The number of hydrogen-bond acceptors (Lipinski definition) is 8. The number of fused-ring (bicyclic) bond motifs is 1. The van der Waals surface area contributed by atoms with Crippen molar-refractivity contribution >= 4 is 38.7 Å². The summed E-state index contributed by atoms with van der Waals surface area (Å²) in [6, 6.07) is 5.73. The predicted octanol–water partition coefficient (Wildman–Crippen LogP) is 2.05. The number of pyridine rings is 1. The van der Waals surface area contributed by atoms with Crippen LogP contribution in [0.5, 0.6) is 0 Å². The maximum atomic E-state index is 13.0. The van der Waals surface area contributed by atoms with Crippen LogP contribution in [0.25, 0.3) is 10.3 Å². The van der Waals surface area contributed by atoms with Crippen LogP contribution < -0.4 is 9.80 Å². The summed E-state index contributed by atoms with van der Waals surface area (Å²) in [6.07, 6.45) is 7.05. The second-order valence-electron chi connectivity index (χ2n) is 7.45. The molecule has 5 heterocycles. The van der Waals surface area contributed by atoms with Crippen molar-refractivity contribution in [1.82, 2.24) is 24.8 Å². The monoisotopic (exact) mass is 409 g/mol. The highest BCUT2D eigenvalue weighted by Gasteiger charge is 2.31. The van der Waals surface area contributed by atoms with Crippen LogP contribution >= 0.6 is 11.3 Å². The number of amides is 1. The fourth-order valence-corrected chi connectivity index (χ4v) is 5.01. The normalized spacial score (nSPS) is 18.4. The molecule has 1 amide bonds. The van der Waals surface area contributed by atoms with E-state index >= 15 is 0 Å². The van der Waals surface area contributed by atoms with E-state index in [1.807, 2.05) is 23.1 Å². The lowest BCUT2D eigenvalue weighted by Gasteiger charge is -2.38. The van der Waals surface area contributed by atoms with Gasteiger partial charge in [-0.2, -0.15) is 0 Å². The van der Waals surface area contributed by atoms with Crippen LogP contribution in [0.1, 0.15) is 12.8 Å². The highest BCUT2D eigenvalue weighted by atomic mass is 32.1. The number of piperazine rings is 1. The quantitative estimate of drug-likeness (QED) is 0.655. The van der Waals surface area contributed by atoms with Crippen molar-refractivity contribution in [3.05, 3.63) is 36.8 Å². The minimum Gasteiger partial charge on any atom is -0.344 e. The SMILES string of the molecule is O=C(C1CCN(c2ncccn2)CC1)N1CCN(c2nc3cccnc3s2)CC1. The van der Waals surface area contributed by atoms with Crippen LogP contribution in [0.4, 0.5) is 11.1 Å². The molecule has 0 spiro atoms.